The summed E-state index contributed by atoms with van der Waals surface area (Å²) in [5.74, 6) is -0.756. The lowest BCUT2D eigenvalue weighted by molar-refractivity contribution is -0.136. The van der Waals surface area contributed by atoms with E-state index >= 15 is 0 Å². The van der Waals surface area contributed by atoms with Crippen LogP contribution in [0.2, 0.25) is 0 Å². The van der Waals surface area contributed by atoms with Crippen LogP contribution in [0.15, 0.2) is 18.2 Å². The molecule has 1 N–H and O–H groups in total. The quantitative estimate of drug-likeness (QED) is 0.849. The van der Waals surface area contributed by atoms with E-state index in [9.17, 15) is 9.59 Å². The van der Waals surface area contributed by atoms with Gasteiger partial charge >= 0.3 is 5.97 Å². The average molecular weight is 320 g/mol. The van der Waals surface area contributed by atoms with Crippen LogP contribution in [0.3, 0.4) is 0 Å². The van der Waals surface area contributed by atoms with Crippen molar-refractivity contribution in [1.29, 1.82) is 0 Å². The molecular weight excluding hydrogens is 307 g/mol. The number of hydrogen-bond acceptors (Lipinski definition) is 2. The summed E-state index contributed by atoms with van der Waals surface area (Å²) < 4.78 is 0. The lowest BCUT2D eigenvalue weighted by Gasteiger charge is -2.15. The molecule has 0 aromatic heterocycles. The smallest absolute Gasteiger partial charge is 0.307 e. The van der Waals surface area contributed by atoms with Crippen molar-refractivity contribution >= 4 is 39.3 Å². The molecular formula is C12H12BrClO3. The molecule has 1 aromatic rings. The molecule has 0 aliphatic heterocycles. The zero-order valence-corrected chi connectivity index (χ0v) is 11.6. The first-order valence-electron chi connectivity index (χ1n) is 5.00. The zero-order chi connectivity index (χ0) is 13.0. The van der Waals surface area contributed by atoms with Crippen molar-refractivity contribution in [1.82, 2.24) is 0 Å². The molecule has 0 radical (unpaired) electrons. The molecule has 0 saturated carbocycles. The van der Waals surface area contributed by atoms with Crippen LogP contribution in [0.5, 0.6) is 0 Å². The van der Waals surface area contributed by atoms with Gasteiger partial charge in [0.15, 0.2) is 0 Å². The van der Waals surface area contributed by atoms with Gasteiger partial charge in [-0.05, 0) is 23.6 Å². The summed E-state index contributed by atoms with van der Waals surface area (Å²) in [6.45, 7) is 1.45. The van der Waals surface area contributed by atoms with Crippen LogP contribution in [-0.2, 0) is 21.9 Å². The number of Topliss-reactive ketones (excluding diaryl/α,β-unsaturated/α-hetero) is 1. The fraction of sp³-hybridized carbons (Fsp3) is 0.333. The number of ketones is 1. The number of halogens is 2. The summed E-state index contributed by atoms with van der Waals surface area (Å²) in [5, 5.41) is 8.84. The van der Waals surface area contributed by atoms with Gasteiger partial charge in [0.25, 0.3) is 0 Å². The summed E-state index contributed by atoms with van der Waals surface area (Å²) in [5.41, 5.74) is 2.08. The summed E-state index contributed by atoms with van der Waals surface area (Å²) in [7, 11) is 0. The summed E-state index contributed by atoms with van der Waals surface area (Å²) in [6.07, 6.45) is -0.116. The van der Waals surface area contributed by atoms with Gasteiger partial charge in [0, 0.05) is 5.88 Å². The van der Waals surface area contributed by atoms with Crippen molar-refractivity contribution in [2.75, 3.05) is 0 Å². The highest BCUT2D eigenvalue weighted by atomic mass is 79.9. The second kappa shape index (κ2) is 6.17. The number of rotatable bonds is 5. The Morgan fingerprint density at radius 2 is 2.00 bits per heavy atom. The normalized spacial score (nSPS) is 12.2. The van der Waals surface area contributed by atoms with Crippen LogP contribution in [0, 0.1) is 0 Å². The molecule has 0 amide bonds. The monoisotopic (exact) mass is 318 g/mol. The predicted molar refractivity (Wildman–Crippen MR) is 69.7 cm³/mol. The van der Waals surface area contributed by atoms with E-state index in [1.165, 1.54) is 6.92 Å². The third-order valence-electron chi connectivity index (χ3n) is 2.38. The minimum atomic E-state index is -0.929. The second-order valence-electron chi connectivity index (χ2n) is 3.67. The molecule has 1 aromatic carbocycles. The molecule has 17 heavy (non-hydrogen) atoms. The van der Waals surface area contributed by atoms with E-state index in [2.05, 4.69) is 15.9 Å². The van der Waals surface area contributed by atoms with Crippen LogP contribution < -0.4 is 0 Å². The molecule has 0 aliphatic rings. The Bertz CT molecular complexity index is 445. The first kappa shape index (κ1) is 14.2. The van der Waals surface area contributed by atoms with Gasteiger partial charge in [-0.2, -0.15) is 0 Å². The van der Waals surface area contributed by atoms with Crippen LogP contribution >= 0.6 is 27.5 Å². The molecule has 0 saturated heterocycles. The van der Waals surface area contributed by atoms with Crippen molar-refractivity contribution in [2.24, 2.45) is 0 Å². The first-order chi connectivity index (χ1) is 7.97. The number of aliphatic carboxylic acids is 1. The Balaban J connectivity index is 3.29. The molecule has 5 heteroatoms. The molecule has 92 valence electrons. The van der Waals surface area contributed by atoms with Crippen molar-refractivity contribution in [3.05, 3.63) is 34.9 Å². The van der Waals surface area contributed by atoms with Gasteiger partial charge in [-0.25, -0.2) is 0 Å². The molecule has 0 heterocycles. The maximum Gasteiger partial charge on any atom is 0.307 e. The number of carbonyl (C=O) groups is 2. The van der Waals surface area contributed by atoms with Gasteiger partial charge in [-0.15, -0.1) is 11.6 Å². The third kappa shape index (κ3) is 3.54. The number of carboxylic acid groups (broad SMARTS) is 1. The Labute approximate surface area is 113 Å². The zero-order valence-electron chi connectivity index (χ0n) is 9.24. The Morgan fingerprint density at radius 1 is 1.41 bits per heavy atom. The SMILES string of the molecule is CC(=O)C(Br)c1c(CCl)cccc1CC(=O)O. The van der Waals surface area contributed by atoms with Crippen LogP contribution in [-0.4, -0.2) is 16.9 Å². The standard InChI is InChI=1S/C12H12BrClO3/c1-7(15)12(13)11-8(5-10(16)17)3-2-4-9(11)6-14/h2-4,12H,5-6H2,1H3,(H,16,17). The molecule has 1 unspecified atom stereocenters. The molecule has 1 atom stereocenters. The summed E-state index contributed by atoms with van der Waals surface area (Å²) in [4.78, 5) is 21.7. The third-order valence-corrected chi connectivity index (χ3v) is 3.77. The topological polar surface area (TPSA) is 54.4 Å². The second-order valence-corrected chi connectivity index (χ2v) is 4.85. The Kier molecular flexibility index (Phi) is 5.15. The lowest BCUT2D eigenvalue weighted by atomic mass is 9.95. The Hall–Kier alpha value is -0.870. The number of alkyl halides is 2. The number of hydrogen-bond donors (Lipinski definition) is 1. The first-order valence-corrected chi connectivity index (χ1v) is 6.45. The fourth-order valence-corrected chi connectivity index (χ4v) is 2.45. The minimum absolute atomic E-state index is 0.0748. The van der Waals surface area contributed by atoms with Gasteiger partial charge in [-0.3, -0.25) is 9.59 Å². The molecule has 3 nitrogen and oxygen atoms in total. The highest BCUT2D eigenvalue weighted by molar-refractivity contribution is 9.09. The number of benzene rings is 1. The fourth-order valence-electron chi connectivity index (χ4n) is 1.63. The van der Waals surface area contributed by atoms with E-state index in [1.54, 1.807) is 18.2 Å². The number of carboxylic acids is 1. The number of carbonyl (C=O) groups excluding carboxylic acids is 1. The molecule has 0 fully saturated rings. The van der Waals surface area contributed by atoms with Gasteiger partial charge in [0.1, 0.15) is 5.78 Å². The van der Waals surface area contributed by atoms with E-state index in [-0.39, 0.29) is 18.1 Å². The van der Waals surface area contributed by atoms with E-state index < -0.39 is 10.8 Å². The molecule has 1 rings (SSSR count). The molecule has 0 spiro atoms. The van der Waals surface area contributed by atoms with Gasteiger partial charge in [-0.1, -0.05) is 34.1 Å². The van der Waals surface area contributed by atoms with E-state index in [1.807, 2.05) is 0 Å². The molecule has 0 aliphatic carbocycles. The Morgan fingerprint density at radius 3 is 2.47 bits per heavy atom. The van der Waals surface area contributed by atoms with Crippen molar-refractivity contribution < 1.29 is 14.7 Å². The maximum absolute atomic E-state index is 11.4. The van der Waals surface area contributed by atoms with Gasteiger partial charge in [0.2, 0.25) is 0 Å². The van der Waals surface area contributed by atoms with Crippen molar-refractivity contribution in [2.45, 2.75) is 24.1 Å². The van der Waals surface area contributed by atoms with E-state index in [4.69, 9.17) is 16.7 Å². The average Bonchev–Trinajstić information content (AvgIpc) is 2.26. The van der Waals surface area contributed by atoms with Crippen molar-refractivity contribution in [3.63, 3.8) is 0 Å². The maximum atomic E-state index is 11.4. The molecule has 0 bridgehead atoms. The highest BCUT2D eigenvalue weighted by Gasteiger charge is 2.20. The predicted octanol–water partition coefficient (Wildman–Crippen LogP) is 3.08. The van der Waals surface area contributed by atoms with Gasteiger partial charge in [0.05, 0.1) is 11.2 Å². The summed E-state index contributed by atoms with van der Waals surface area (Å²) in [6, 6.07) is 5.25. The van der Waals surface area contributed by atoms with E-state index in [0.717, 1.165) is 5.56 Å². The minimum Gasteiger partial charge on any atom is -0.481 e. The lowest BCUT2D eigenvalue weighted by Crippen LogP contribution is -2.11. The van der Waals surface area contributed by atoms with Crippen LogP contribution in [0.1, 0.15) is 28.4 Å². The largest absolute Gasteiger partial charge is 0.481 e. The van der Waals surface area contributed by atoms with Crippen LogP contribution in [0.4, 0.5) is 0 Å². The van der Waals surface area contributed by atoms with E-state index in [0.29, 0.717) is 11.1 Å². The van der Waals surface area contributed by atoms with Gasteiger partial charge < -0.3 is 5.11 Å². The van der Waals surface area contributed by atoms with Crippen LogP contribution in [0.25, 0.3) is 0 Å². The summed E-state index contributed by atoms with van der Waals surface area (Å²) >= 11 is 9.09. The highest BCUT2D eigenvalue weighted by Crippen LogP contribution is 2.31. The van der Waals surface area contributed by atoms with Crippen molar-refractivity contribution in [3.8, 4) is 0 Å².